The molecule has 1 heterocycles. The fourth-order valence-corrected chi connectivity index (χ4v) is 2.25. The molecule has 1 aromatic carbocycles. The number of hydrogen-bond donors (Lipinski definition) is 1. The zero-order chi connectivity index (χ0) is 12.8. The highest BCUT2D eigenvalue weighted by atomic mass is 16.5. The van der Waals surface area contributed by atoms with Crippen molar-refractivity contribution < 1.29 is 9.53 Å². The Hall–Kier alpha value is -1.39. The van der Waals surface area contributed by atoms with Gasteiger partial charge in [-0.05, 0) is 24.9 Å². The third-order valence-corrected chi connectivity index (χ3v) is 3.23. The fourth-order valence-electron chi connectivity index (χ4n) is 2.25. The summed E-state index contributed by atoms with van der Waals surface area (Å²) in [6.07, 6.45) is 1.83. The maximum atomic E-state index is 11.9. The van der Waals surface area contributed by atoms with Gasteiger partial charge in [0.05, 0.1) is 12.6 Å². The first-order valence-corrected chi connectivity index (χ1v) is 6.42. The van der Waals surface area contributed by atoms with Gasteiger partial charge in [-0.2, -0.15) is 0 Å². The number of benzene rings is 1. The summed E-state index contributed by atoms with van der Waals surface area (Å²) in [5, 5.41) is 0. The molecule has 98 valence electrons. The third kappa shape index (κ3) is 3.31. The molecule has 1 aliphatic heterocycles. The van der Waals surface area contributed by atoms with E-state index >= 15 is 0 Å². The van der Waals surface area contributed by atoms with Crippen molar-refractivity contribution in [3.63, 3.8) is 0 Å². The lowest BCUT2D eigenvalue weighted by molar-refractivity contribution is -0.149. The molecule has 0 spiro atoms. The van der Waals surface area contributed by atoms with Gasteiger partial charge < -0.3 is 15.4 Å². The summed E-state index contributed by atoms with van der Waals surface area (Å²) in [4.78, 5) is 13.9. The highest BCUT2D eigenvalue weighted by Gasteiger charge is 2.28. The molecule has 2 N–H and O–H groups in total. The smallest absolute Gasteiger partial charge is 0.249 e. The minimum atomic E-state index is 0.0760. The summed E-state index contributed by atoms with van der Waals surface area (Å²) in [6.45, 7) is 2.15. The summed E-state index contributed by atoms with van der Waals surface area (Å²) in [5.41, 5.74) is 6.69. The Balaban J connectivity index is 2.03. The molecule has 0 aromatic heterocycles. The molecule has 0 aliphatic carbocycles. The molecule has 0 saturated carbocycles. The van der Waals surface area contributed by atoms with Gasteiger partial charge in [-0.25, -0.2) is 0 Å². The Morgan fingerprint density at radius 1 is 1.33 bits per heavy atom. The minimum Gasteiger partial charge on any atom is -0.369 e. The van der Waals surface area contributed by atoms with E-state index in [2.05, 4.69) is 0 Å². The van der Waals surface area contributed by atoms with Crippen molar-refractivity contribution in [1.29, 1.82) is 0 Å². The Kier molecular flexibility index (Phi) is 4.73. The van der Waals surface area contributed by atoms with Gasteiger partial charge in [0, 0.05) is 6.54 Å². The number of amides is 1. The molecule has 1 aliphatic rings. The number of rotatable bonds is 5. The first kappa shape index (κ1) is 13.1. The van der Waals surface area contributed by atoms with Crippen molar-refractivity contribution in [3.05, 3.63) is 35.9 Å². The lowest BCUT2D eigenvalue weighted by atomic mass is 10.1. The number of hydrogen-bond acceptors (Lipinski definition) is 3. The van der Waals surface area contributed by atoms with Gasteiger partial charge in [0.2, 0.25) is 5.91 Å². The largest absolute Gasteiger partial charge is 0.369 e. The molecule has 1 fully saturated rings. The Morgan fingerprint density at radius 2 is 2.11 bits per heavy atom. The second-order valence-electron chi connectivity index (χ2n) is 4.61. The van der Waals surface area contributed by atoms with Crippen LogP contribution in [0.2, 0.25) is 0 Å². The SMILES string of the molecule is NCCCC1COCC(=O)N1Cc1ccccc1. The lowest BCUT2D eigenvalue weighted by Gasteiger charge is -2.35. The molecule has 0 bridgehead atoms. The molecular weight excluding hydrogens is 228 g/mol. The number of carbonyl (C=O) groups is 1. The third-order valence-electron chi connectivity index (χ3n) is 3.23. The molecule has 1 amide bonds. The zero-order valence-corrected chi connectivity index (χ0v) is 10.5. The highest BCUT2D eigenvalue weighted by Crippen LogP contribution is 2.16. The van der Waals surface area contributed by atoms with Gasteiger partial charge in [-0.15, -0.1) is 0 Å². The molecule has 4 heteroatoms. The van der Waals surface area contributed by atoms with E-state index in [4.69, 9.17) is 10.5 Å². The van der Waals surface area contributed by atoms with Crippen molar-refractivity contribution in [2.75, 3.05) is 19.8 Å². The van der Waals surface area contributed by atoms with Crippen molar-refractivity contribution in [2.45, 2.75) is 25.4 Å². The molecule has 1 saturated heterocycles. The van der Waals surface area contributed by atoms with Gasteiger partial charge in [0.15, 0.2) is 0 Å². The molecule has 18 heavy (non-hydrogen) atoms. The average molecular weight is 248 g/mol. The summed E-state index contributed by atoms with van der Waals surface area (Å²) < 4.78 is 5.33. The zero-order valence-electron chi connectivity index (χ0n) is 10.5. The summed E-state index contributed by atoms with van der Waals surface area (Å²) >= 11 is 0. The predicted octanol–water partition coefficient (Wildman–Crippen LogP) is 1.15. The summed E-state index contributed by atoms with van der Waals surface area (Å²) in [6, 6.07) is 10.2. The molecule has 1 unspecified atom stereocenters. The number of carbonyl (C=O) groups excluding carboxylic acids is 1. The van der Waals surface area contributed by atoms with Gasteiger partial charge in [0.1, 0.15) is 6.61 Å². The van der Waals surface area contributed by atoms with Crippen LogP contribution in [-0.2, 0) is 16.1 Å². The van der Waals surface area contributed by atoms with Gasteiger partial charge in [-0.3, -0.25) is 4.79 Å². The van der Waals surface area contributed by atoms with Crippen LogP contribution in [-0.4, -0.2) is 36.6 Å². The molecular formula is C14H20N2O2. The van der Waals surface area contributed by atoms with Crippen molar-refractivity contribution in [1.82, 2.24) is 4.90 Å². The van der Waals surface area contributed by atoms with Crippen LogP contribution in [0.4, 0.5) is 0 Å². The Labute approximate surface area is 108 Å². The number of morpholine rings is 1. The van der Waals surface area contributed by atoms with Gasteiger partial charge in [0.25, 0.3) is 0 Å². The van der Waals surface area contributed by atoms with E-state index in [0.29, 0.717) is 19.7 Å². The second-order valence-corrected chi connectivity index (χ2v) is 4.61. The summed E-state index contributed by atoms with van der Waals surface area (Å²) in [7, 11) is 0. The van der Waals surface area contributed by atoms with Crippen LogP contribution in [0.3, 0.4) is 0 Å². The first-order chi connectivity index (χ1) is 8.81. The predicted molar refractivity (Wildman–Crippen MR) is 69.9 cm³/mol. The minimum absolute atomic E-state index is 0.0760. The number of nitrogens with two attached hydrogens (primary N) is 1. The van der Waals surface area contributed by atoms with E-state index in [1.807, 2.05) is 35.2 Å². The number of ether oxygens (including phenoxy) is 1. The topological polar surface area (TPSA) is 55.6 Å². The van der Waals surface area contributed by atoms with E-state index in [1.165, 1.54) is 0 Å². The first-order valence-electron chi connectivity index (χ1n) is 6.42. The molecule has 1 aromatic rings. The molecule has 4 nitrogen and oxygen atoms in total. The van der Waals surface area contributed by atoms with Crippen LogP contribution in [0.15, 0.2) is 30.3 Å². The van der Waals surface area contributed by atoms with Crippen molar-refractivity contribution in [2.24, 2.45) is 5.73 Å². The van der Waals surface area contributed by atoms with Crippen LogP contribution in [0.5, 0.6) is 0 Å². The second kappa shape index (κ2) is 6.52. The van der Waals surface area contributed by atoms with Crippen LogP contribution in [0.1, 0.15) is 18.4 Å². The van der Waals surface area contributed by atoms with Crippen LogP contribution in [0, 0.1) is 0 Å². The van der Waals surface area contributed by atoms with Crippen LogP contribution in [0.25, 0.3) is 0 Å². The van der Waals surface area contributed by atoms with Gasteiger partial charge >= 0.3 is 0 Å². The average Bonchev–Trinajstić information content (AvgIpc) is 2.41. The molecule has 2 rings (SSSR count). The van der Waals surface area contributed by atoms with E-state index in [1.54, 1.807) is 0 Å². The van der Waals surface area contributed by atoms with E-state index < -0.39 is 0 Å². The number of nitrogens with zero attached hydrogens (tertiary/aromatic N) is 1. The van der Waals surface area contributed by atoms with E-state index in [9.17, 15) is 4.79 Å². The maximum absolute atomic E-state index is 11.9. The molecule has 1 atom stereocenters. The summed E-state index contributed by atoms with van der Waals surface area (Å²) in [5.74, 6) is 0.0760. The maximum Gasteiger partial charge on any atom is 0.249 e. The Bertz CT molecular complexity index is 381. The van der Waals surface area contributed by atoms with Crippen LogP contribution >= 0.6 is 0 Å². The van der Waals surface area contributed by atoms with Crippen LogP contribution < -0.4 is 5.73 Å². The van der Waals surface area contributed by atoms with E-state index in [0.717, 1.165) is 18.4 Å². The molecule has 0 radical (unpaired) electrons. The van der Waals surface area contributed by atoms with Crippen molar-refractivity contribution in [3.8, 4) is 0 Å². The normalized spacial score (nSPS) is 20.2. The monoisotopic (exact) mass is 248 g/mol. The standard InChI is InChI=1S/C14H20N2O2/c15-8-4-7-13-10-18-11-14(17)16(13)9-12-5-2-1-3-6-12/h1-3,5-6,13H,4,7-11,15H2. The van der Waals surface area contributed by atoms with E-state index in [-0.39, 0.29) is 18.6 Å². The highest BCUT2D eigenvalue weighted by molar-refractivity contribution is 5.78. The lowest BCUT2D eigenvalue weighted by Crippen LogP contribution is -2.48. The van der Waals surface area contributed by atoms with Crippen molar-refractivity contribution >= 4 is 5.91 Å². The fraction of sp³-hybridized carbons (Fsp3) is 0.500. The van der Waals surface area contributed by atoms with Gasteiger partial charge in [-0.1, -0.05) is 30.3 Å². The Morgan fingerprint density at radius 3 is 2.83 bits per heavy atom. The quantitative estimate of drug-likeness (QED) is 0.850.